The van der Waals surface area contributed by atoms with Gasteiger partial charge < -0.3 is 4.90 Å². The highest BCUT2D eigenvalue weighted by molar-refractivity contribution is 5.81. The number of carbonyl (C=O) groups excluding carboxylic acids is 1. The number of amides is 1. The maximum absolute atomic E-state index is 12.5. The van der Waals surface area contributed by atoms with E-state index in [-0.39, 0.29) is 6.04 Å². The molecule has 0 radical (unpaired) electrons. The van der Waals surface area contributed by atoms with E-state index in [0.717, 1.165) is 26.2 Å². The van der Waals surface area contributed by atoms with Crippen molar-refractivity contribution in [1.82, 2.24) is 9.80 Å². The van der Waals surface area contributed by atoms with Gasteiger partial charge in [-0.1, -0.05) is 25.7 Å². The van der Waals surface area contributed by atoms with Gasteiger partial charge in [-0.2, -0.15) is 0 Å². The summed E-state index contributed by atoms with van der Waals surface area (Å²) in [4.78, 5) is 17.1. The lowest BCUT2D eigenvalue weighted by atomic mass is 10.2. The van der Waals surface area contributed by atoms with E-state index in [1.54, 1.807) is 0 Å². The Kier molecular flexibility index (Phi) is 5.48. The van der Waals surface area contributed by atoms with Crippen molar-refractivity contribution < 1.29 is 4.79 Å². The SMILES string of the molecule is CC(C(=O)N1CCCCCC1)N1CCCCCC1. The molecule has 0 bridgehead atoms. The number of rotatable bonds is 2. The van der Waals surface area contributed by atoms with Crippen LogP contribution in [0.3, 0.4) is 0 Å². The molecule has 104 valence electrons. The molecule has 0 aromatic carbocycles. The van der Waals surface area contributed by atoms with Crippen LogP contribution >= 0.6 is 0 Å². The third-order valence-corrected chi connectivity index (χ3v) is 4.46. The maximum Gasteiger partial charge on any atom is 0.239 e. The first-order valence-corrected chi connectivity index (χ1v) is 7.82. The van der Waals surface area contributed by atoms with Crippen LogP contribution in [0.15, 0.2) is 0 Å². The molecular formula is C15H28N2O. The Morgan fingerprint density at radius 2 is 1.22 bits per heavy atom. The molecule has 2 aliphatic heterocycles. The summed E-state index contributed by atoms with van der Waals surface area (Å²) in [6.07, 6.45) is 10.2. The highest BCUT2D eigenvalue weighted by Gasteiger charge is 2.26. The molecule has 0 saturated carbocycles. The zero-order chi connectivity index (χ0) is 12.8. The monoisotopic (exact) mass is 252 g/mol. The van der Waals surface area contributed by atoms with Crippen LogP contribution in [0.2, 0.25) is 0 Å². The van der Waals surface area contributed by atoms with Gasteiger partial charge in [0.2, 0.25) is 5.91 Å². The summed E-state index contributed by atoms with van der Waals surface area (Å²) in [7, 11) is 0. The zero-order valence-electron chi connectivity index (χ0n) is 11.9. The first-order valence-electron chi connectivity index (χ1n) is 7.82. The molecule has 18 heavy (non-hydrogen) atoms. The van der Waals surface area contributed by atoms with Gasteiger partial charge in [0.1, 0.15) is 0 Å². The highest BCUT2D eigenvalue weighted by Crippen LogP contribution is 2.16. The van der Waals surface area contributed by atoms with Crippen LogP contribution in [0.25, 0.3) is 0 Å². The van der Waals surface area contributed by atoms with Gasteiger partial charge in [0.15, 0.2) is 0 Å². The van der Waals surface area contributed by atoms with E-state index >= 15 is 0 Å². The molecule has 1 unspecified atom stereocenters. The molecule has 1 atom stereocenters. The summed E-state index contributed by atoms with van der Waals surface area (Å²) >= 11 is 0. The summed E-state index contributed by atoms with van der Waals surface area (Å²) in [5.41, 5.74) is 0. The minimum absolute atomic E-state index is 0.0983. The standard InChI is InChI=1S/C15H28N2O/c1-14(16-10-6-2-3-7-11-16)15(18)17-12-8-4-5-9-13-17/h14H,2-13H2,1H3. The van der Waals surface area contributed by atoms with Crippen LogP contribution in [0.5, 0.6) is 0 Å². The van der Waals surface area contributed by atoms with Crippen molar-refractivity contribution in [2.75, 3.05) is 26.2 Å². The molecule has 2 fully saturated rings. The number of likely N-dealkylation sites (tertiary alicyclic amines) is 2. The summed E-state index contributed by atoms with van der Waals surface area (Å²) in [6, 6.07) is 0.0983. The molecular weight excluding hydrogens is 224 g/mol. The van der Waals surface area contributed by atoms with E-state index in [9.17, 15) is 4.79 Å². The van der Waals surface area contributed by atoms with Crippen LogP contribution in [0.4, 0.5) is 0 Å². The number of nitrogens with zero attached hydrogens (tertiary/aromatic N) is 2. The topological polar surface area (TPSA) is 23.6 Å². The molecule has 2 rings (SSSR count). The van der Waals surface area contributed by atoms with E-state index < -0.39 is 0 Å². The van der Waals surface area contributed by atoms with Crippen molar-refractivity contribution in [3.8, 4) is 0 Å². The average Bonchev–Trinajstić information content (AvgIpc) is 2.81. The van der Waals surface area contributed by atoms with Gasteiger partial charge >= 0.3 is 0 Å². The molecule has 3 heteroatoms. The predicted octanol–water partition coefficient (Wildman–Crippen LogP) is 2.65. The van der Waals surface area contributed by atoms with Gasteiger partial charge in [-0.3, -0.25) is 9.69 Å². The highest BCUT2D eigenvalue weighted by atomic mass is 16.2. The largest absolute Gasteiger partial charge is 0.341 e. The van der Waals surface area contributed by atoms with Gasteiger partial charge in [0, 0.05) is 13.1 Å². The second-order valence-electron chi connectivity index (χ2n) is 5.87. The van der Waals surface area contributed by atoms with E-state index in [2.05, 4.69) is 16.7 Å². The second-order valence-corrected chi connectivity index (χ2v) is 5.87. The molecule has 2 aliphatic rings. The molecule has 0 aliphatic carbocycles. The minimum atomic E-state index is 0.0983. The Hall–Kier alpha value is -0.570. The summed E-state index contributed by atoms with van der Waals surface area (Å²) < 4.78 is 0. The van der Waals surface area contributed by atoms with Crippen LogP contribution < -0.4 is 0 Å². The van der Waals surface area contributed by atoms with Crippen molar-refractivity contribution in [3.05, 3.63) is 0 Å². The Bertz CT molecular complexity index is 251. The molecule has 0 aromatic heterocycles. The lowest BCUT2D eigenvalue weighted by Gasteiger charge is -2.31. The quantitative estimate of drug-likeness (QED) is 0.754. The smallest absolute Gasteiger partial charge is 0.239 e. The van der Waals surface area contributed by atoms with E-state index in [1.165, 1.54) is 51.4 Å². The van der Waals surface area contributed by atoms with Crippen molar-refractivity contribution in [2.24, 2.45) is 0 Å². The average molecular weight is 252 g/mol. The van der Waals surface area contributed by atoms with E-state index in [0.29, 0.717) is 5.91 Å². The molecule has 0 spiro atoms. The fourth-order valence-corrected chi connectivity index (χ4v) is 3.19. The fourth-order valence-electron chi connectivity index (χ4n) is 3.19. The molecule has 1 amide bonds. The lowest BCUT2D eigenvalue weighted by molar-refractivity contribution is -0.136. The van der Waals surface area contributed by atoms with E-state index in [4.69, 9.17) is 0 Å². The number of hydrogen-bond acceptors (Lipinski definition) is 2. The molecule has 3 nitrogen and oxygen atoms in total. The van der Waals surface area contributed by atoms with Crippen molar-refractivity contribution >= 4 is 5.91 Å². The van der Waals surface area contributed by atoms with Crippen LogP contribution in [-0.2, 0) is 4.79 Å². The lowest BCUT2D eigenvalue weighted by Crippen LogP contribution is -2.47. The first kappa shape index (κ1) is 13.9. The van der Waals surface area contributed by atoms with Crippen LogP contribution in [-0.4, -0.2) is 47.9 Å². The molecule has 0 N–H and O–H groups in total. The second kappa shape index (κ2) is 7.13. The number of carbonyl (C=O) groups is 1. The molecule has 2 heterocycles. The van der Waals surface area contributed by atoms with Gasteiger partial charge in [0.25, 0.3) is 0 Å². The third kappa shape index (κ3) is 3.71. The Morgan fingerprint density at radius 3 is 1.72 bits per heavy atom. The fraction of sp³-hybridized carbons (Fsp3) is 0.933. The Labute approximate surface area is 112 Å². The zero-order valence-corrected chi connectivity index (χ0v) is 11.9. The van der Waals surface area contributed by atoms with Crippen LogP contribution in [0, 0.1) is 0 Å². The van der Waals surface area contributed by atoms with Crippen molar-refractivity contribution in [2.45, 2.75) is 64.3 Å². The van der Waals surface area contributed by atoms with Crippen molar-refractivity contribution in [3.63, 3.8) is 0 Å². The van der Waals surface area contributed by atoms with Gasteiger partial charge in [-0.15, -0.1) is 0 Å². The Balaban J connectivity index is 1.89. The molecule has 2 saturated heterocycles. The third-order valence-electron chi connectivity index (χ3n) is 4.46. The van der Waals surface area contributed by atoms with Crippen molar-refractivity contribution in [1.29, 1.82) is 0 Å². The first-order chi connectivity index (χ1) is 8.79. The minimum Gasteiger partial charge on any atom is -0.341 e. The summed E-state index contributed by atoms with van der Waals surface area (Å²) in [5, 5.41) is 0. The maximum atomic E-state index is 12.5. The summed E-state index contributed by atoms with van der Waals surface area (Å²) in [6.45, 7) is 6.30. The number of hydrogen-bond donors (Lipinski definition) is 0. The summed E-state index contributed by atoms with van der Waals surface area (Å²) in [5.74, 6) is 0.374. The normalized spacial score (nSPS) is 25.3. The molecule has 0 aromatic rings. The predicted molar refractivity (Wildman–Crippen MR) is 74.6 cm³/mol. The van der Waals surface area contributed by atoms with Crippen LogP contribution in [0.1, 0.15) is 58.3 Å². The van der Waals surface area contributed by atoms with Gasteiger partial charge in [-0.25, -0.2) is 0 Å². The Morgan fingerprint density at radius 1 is 0.778 bits per heavy atom. The van der Waals surface area contributed by atoms with Gasteiger partial charge in [0.05, 0.1) is 6.04 Å². The van der Waals surface area contributed by atoms with Gasteiger partial charge in [-0.05, 0) is 45.7 Å². The van der Waals surface area contributed by atoms with E-state index in [1.807, 2.05) is 0 Å².